The summed E-state index contributed by atoms with van der Waals surface area (Å²) < 4.78 is 5.01. The second kappa shape index (κ2) is 8.63. The van der Waals surface area contributed by atoms with E-state index >= 15 is 0 Å². The molecule has 0 aromatic rings. The Hall–Kier alpha value is -0.610. The van der Waals surface area contributed by atoms with Crippen molar-refractivity contribution in [2.75, 3.05) is 19.7 Å². The largest absolute Gasteiger partial charge is 0.465 e. The van der Waals surface area contributed by atoms with E-state index in [1.54, 1.807) is 6.92 Å². The van der Waals surface area contributed by atoms with Crippen LogP contribution in [0.3, 0.4) is 0 Å². The van der Waals surface area contributed by atoms with Gasteiger partial charge >= 0.3 is 5.97 Å². The minimum Gasteiger partial charge on any atom is -0.465 e. The van der Waals surface area contributed by atoms with Crippen LogP contribution in [0, 0.1) is 0 Å². The Kier molecular flexibility index (Phi) is 7.52. The number of ether oxygens (including phenoxy) is 1. The fraction of sp³-hybridized carbons (Fsp3) is 0.938. The molecule has 118 valence electrons. The van der Waals surface area contributed by atoms with E-state index in [1.165, 1.54) is 32.2 Å². The number of carbonyl (C=O) groups is 1. The minimum absolute atomic E-state index is 0.275. The van der Waals surface area contributed by atoms with Crippen LogP contribution in [0.15, 0.2) is 0 Å². The van der Waals surface area contributed by atoms with E-state index < -0.39 is 5.54 Å². The van der Waals surface area contributed by atoms with Crippen molar-refractivity contribution in [2.24, 2.45) is 5.73 Å². The van der Waals surface area contributed by atoms with Gasteiger partial charge < -0.3 is 15.4 Å². The number of unbranched alkanes of at least 4 members (excludes halogenated alkanes) is 1. The predicted octanol–water partition coefficient (Wildman–Crippen LogP) is 2.70. The smallest absolute Gasteiger partial charge is 0.325 e. The SMILES string of the molecule is CCOC(=O)C(C)(N)CCCCN1CCCCCC1C. The quantitative estimate of drug-likeness (QED) is 0.577. The first-order valence-electron chi connectivity index (χ1n) is 8.17. The molecule has 2 N–H and O–H groups in total. The second-order valence-electron chi connectivity index (χ2n) is 6.33. The molecule has 20 heavy (non-hydrogen) atoms. The van der Waals surface area contributed by atoms with E-state index in [9.17, 15) is 4.79 Å². The van der Waals surface area contributed by atoms with Gasteiger partial charge in [0, 0.05) is 6.04 Å². The highest BCUT2D eigenvalue weighted by Gasteiger charge is 2.29. The summed E-state index contributed by atoms with van der Waals surface area (Å²) in [5.74, 6) is -0.275. The van der Waals surface area contributed by atoms with Crippen LogP contribution < -0.4 is 5.73 Å². The molecular formula is C16H32N2O2. The third-order valence-corrected chi connectivity index (χ3v) is 4.32. The van der Waals surface area contributed by atoms with Crippen LogP contribution in [-0.4, -0.2) is 42.1 Å². The second-order valence-corrected chi connectivity index (χ2v) is 6.33. The van der Waals surface area contributed by atoms with Crippen molar-refractivity contribution in [1.82, 2.24) is 4.90 Å². The molecule has 0 aromatic carbocycles. The van der Waals surface area contributed by atoms with Gasteiger partial charge in [-0.2, -0.15) is 0 Å². The summed E-state index contributed by atoms with van der Waals surface area (Å²) in [5.41, 5.74) is 5.20. The van der Waals surface area contributed by atoms with Crippen LogP contribution in [-0.2, 0) is 9.53 Å². The molecule has 0 radical (unpaired) electrons. The Morgan fingerprint density at radius 1 is 1.35 bits per heavy atom. The van der Waals surface area contributed by atoms with Crippen LogP contribution >= 0.6 is 0 Å². The summed E-state index contributed by atoms with van der Waals surface area (Å²) in [7, 11) is 0. The molecule has 1 saturated heterocycles. The van der Waals surface area contributed by atoms with E-state index in [0.717, 1.165) is 19.4 Å². The predicted molar refractivity (Wildman–Crippen MR) is 82.6 cm³/mol. The van der Waals surface area contributed by atoms with E-state index in [1.807, 2.05) is 6.92 Å². The minimum atomic E-state index is -0.833. The maximum atomic E-state index is 11.7. The summed E-state index contributed by atoms with van der Waals surface area (Å²) >= 11 is 0. The van der Waals surface area contributed by atoms with Crippen LogP contribution in [0.2, 0.25) is 0 Å². The lowest BCUT2D eigenvalue weighted by Crippen LogP contribution is -2.46. The topological polar surface area (TPSA) is 55.6 Å². The van der Waals surface area contributed by atoms with Crippen LogP contribution in [0.25, 0.3) is 0 Å². The lowest BCUT2D eigenvalue weighted by molar-refractivity contribution is -0.149. The van der Waals surface area contributed by atoms with E-state index in [0.29, 0.717) is 19.1 Å². The average molecular weight is 284 g/mol. The van der Waals surface area contributed by atoms with Gasteiger partial charge in [0.25, 0.3) is 0 Å². The molecule has 2 unspecified atom stereocenters. The molecule has 0 amide bonds. The summed E-state index contributed by atoms with van der Waals surface area (Å²) in [6, 6.07) is 0.701. The first-order chi connectivity index (χ1) is 9.47. The lowest BCUT2D eigenvalue weighted by Gasteiger charge is -2.27. The van der Waals surface area contributed by atoms with E-state index in [4.69, 9.17) is 10.5 Å². The molecule has 1 aliphatic rings. The molecule has 2 atom stereocenters. The molecule has 0 aliphatic carbocycles. The van der Waals surface area contributed by atoms with Crippen LogP contribution in [0.5, 0.6) is 0 Å². The highest BCUT2D eigenvalue weighted by molar-refractivity contribution is 5.79. The van der Waals surface area contributed by atoms with Gasteiger partial charge in [-0.25, -0.2) is 0 Å². The highest BCUT2D eigenvalue weighted by atomic mass is 16.5. The summed E-state index contributed by atoms with van der Waals surface area (Å²) in [6.07, 6.45) is 8.16. The van der Waals surface area contributed by atoms with Gasteiger partial charge in [-0.3, -0.25) is 4.79 Å². The molecule has 0 aromatic heterocycles. The Morgan fingerprint density at radius 3 is 2.80 bits per heavy atom. The zero-order valence-electron chi connectivity index (χ0n) is 13.5. The number of carbonyl (C=O) groups excluding carboxylic acids is 1. The monoisotopic (exact) mass is 284 g/mol. The summed E-state index contributed by atoms with van der Waals surface area (Å²) in [6.45, 7) is 8.67. The van der Waals surface area contributed by atoms with Crippen molar-refractivity contribution in [3.8, 4) is 0 Å². The number of esters is 1. The Morgan fingerprint density at radius 2 is 2.10 bits per heavy atom. The van der Waals surface area contributed by atoms with Gasteiger partial charge in [-0.05, 0) is 66.0 Å². The molecule has 0 spiro atoms. The van der Waals surface area contributed by atoms with Gasteiger partial charge in [-0.1, -0.05) is 12.8 Å². The molecule has 1 aliphatic heterocycles. The lowest BCUT2D eigenvalue weighted by atomic mass is 9.96. The van der Waals surface area contributed by atoms with Crippen LogP contribution in [0.1, 0.15) is 65.7 Å². The van der Waals surface area contributed by atoms with Crippen molar-refractivity contribution in [1.29, 1.82) is 0 Å². The maximum absolute atomic E-state index is 11.7. The fourth-order valence-electron chi connectivity index (χ4n) is 2.87. The molecule has 1 fully saturated rings. The van der Waals surface area contributed by atoms with Gasteiger partial charge in [0.15, 0.2) is 0 Å². The average Bonchev–Trinajstić information content (AvgIpc) is 2.60. The van der Waals surface area contributed by atoms with Crippen molar-refractivity contribution in [3.63, 3.8) is 0 Å². The normalized spacial score (nSPS) is 23.9. The van der Waals surface area contributed by atoms with Crippen molar-refractivity contribution >= 4 is 5.97 Å². The van der Waals surface area contributed by atoms with Gasteiger partial charge in [-0.15, -0.1) is 0 Å². The standard InChI is InChI=1S/C16H32N2O2/c1-4-20-15(19)16(3,17)11-7-9-13-18-12-8-5-6-10-14(18)2/h14H,4-13,17H2,1-3H3. The Balaban J connectivity index is 2.24. The molecule has 0 bridgehead atoms. The number of nitrogens with zero attached hydrogens (tertiary/aromatic N) is 1. The number of likely N-dealkylation sites (tertiary alicyclic amines) is 1. The third-order valence-electron chi connectivity index (χ3n) is 4.32. The first kappa shape index (κ1) is 17.4. The highest BCUT2D eigenvalue weighted by Crippen LogP contribution is 2.18. The Labute approximate surface area is 124 Å². The number of nitrogens with two attached hydrogens (primary N) is 1. The summed E-state index contributed by atoms with van der Waals surface area (Å²) in [5, 5.41) is 0. The zero-order valence-corrected chi connectivity index (χ0v) is 13.5. The molecule has 4 heteroatoms. The van der Waals surface area contributed by atoms with Gasteiger partial charge in [0.05, 0.1) is 6.61 Å². The summed E-state index contributed by atoms with van der Waals surface area (Å²) in [4.78, 5) is 14.3. The molecule has 1 heterocycles. The number of rotatable bonds is 7. The molecular weight excluding hydrogens is 252 g/mol. The molecule has 1 rings (SSSR count). The zero-order chi connectivity index (χ0) is 15.0. The van der Waals surface area contributed by atoms with Crippen molar-refractivity contribution in [3.05, 3.63) is 0 Å². The molecule has 4 nitrogen and oxygen atoms in total. The number of hydrogen-bond acceptors (Lipinski definition) is 4. The fourth-order valence-corrected chi connectivity index (χ4v) is 2.87. The first-order valence-corrected chi connectivity index (χ1v) is 8.17. The van der Waals surface area contributed by atoms with Gasteiger partial charge in [0.1, 0.15) is 5.54 Å². The van der Waals surface area contributed by atoms with Crippen molar-refractivity contribution in [2.45, 2.75) is 77.3 Å². The van der Waals surface area contributed by atoms with Crippen molar-refractivity contribution < 1.29 is 9.53 Å². The van der Waals surface area contributed by atoms with E-state index in [2.05, 4.69) is 11.8 Å². The Bertz CT molecular complexity index is 292. The van der Waals surface area contributed by atoms with Gasteiger partial charge in [0.2, 0.25) is 0 Å². The number of hydrogen-bond donors (Lipinski definition) is 1. The molecule has 0 saturated carbocycles. The maximum Gasteiger partial charge on any atom is 0.325 e. The van der Waals surface area contributed by atoms with Crippen LogP contribution in [0.4, 0.5) is 0 Å². The third kappa shape index (κ3) is 5.80. The van der Waals surface area contributed by atoms with E-state index in [-0.39, 0.29) is 5.97 Å².